The van der Waals surface area contributed by atoms with Gasteiger partial charge < -0.3 is 21.5 Å². The lowest BCUT2D eigenvalue weighted by Gasteiger charge is -2.40. The average Bonchev–Trinajstić information content (AvgIpc) is 2.82. The van der Waals surface area contributed by atoms with E-state index in [-0.39, 0.29) is 5.60 Å². The van der Waals surface area contributed by atoms with E-state index in [0.29, 0.717) is 18.9 Å². The van der Waals surface area contributed by atoms with Crippen molar-refractivity contribution >= 4 is 11.4 Å². The molecule has 2 heterocycles. The predicted molar refractivity (Wildman–Crippen MR) is 130 cm³/mol. The molecule has 0 radical (unpaired) electrons. The van der Waals surface area contributed by atoms with E-state index in [4.69, 9.17) is 22.0 Å². The molecule has 7 heteroatoms. The van der Waals surface area contributed by atoms with Gasteiger partial charge in [0.1, 0.15) is 11.4 Å². The van der Waals surface area contributed by atoms with Crippen LogP contribution in [-0.2, 0) is 0 Å². The maximum Gasteiger partial charge on any atom is 0.152 e. The molecule has 2 aliphatic rings. The lowest BCUT2D eigenvalue weighted by molar-refractivity contribution is 0.0817. The number of para-hydroxylation sites is 1. The summed E-state index contributed by atoms with van der Waals surface area (Å²) in [6, 6.07) is 16.5. The number of hydrogen-bond acceptors (Lipinski definition) is 6. The standard InChI is InChI=1S/C25H34N6O/c26-14-4-1-5-17-31(28)30-24(27)20-10-8-19(9-11-20)22-18-25(12-15-29-16-13-25)32-23-7-3-2-6-21(22)23/h2-3,6-11,18,29H,1,4-5,12-17,26,28H2,(H2,27,30). The molecular formula is C25H34N6O. The first-order chi connectivity index (χ1) is 15.6. The smallest absolute Gasteiger partial charge is 0.152 e. The lowest BCUT2D eigenvalue weighted by atomic mass is 9.83. The number of hydrazine groups is 1. The van der Waals surface area contributed by atoms with Crippen molar-refractivity contribution in [3.8, 4) is 5.75 Å². The molecule has 0 atom stereocenters. The van der Waals surface area contributed by atoms with Crippen molar-refractivity contribution in [2.45, 2.75) is 37.7 Å². The second-order valence-corrected chi connectivity index (χ2v) is 8.55. The number of nitrogens with zero attached hydrogens (tertiary/aromatic N) is 2. The van der Waals surface area contributed by atoms with Gasteiger partial charge in [-0.1, -0.05) is 48.9 Å². The van der Waals surface area contributed by atoms with Gasteiger partial charge in [-0.2, -0.15) is 0 Å². The van der Waals surface area contributed by atoms with Gasteiger partial charge in [-0.05, 0) is 55.8 Å². The molecule has 0 amide bonds. The zero-order valence-corrected chi connectivity index (χ0v) is 18.6. The minimum Gasteiger partial charge on any atom is -0.482 e. The second-order valence-electron chi connectivity index (χ2n) is 8.55. The topological polar surface area (TPSA) is 115 Å². The van der Waals surface area contributed by atoms with Gasteiger partial charge in [0, 0.05) is 24.0 Å². The van der Waals surface area contributed by atoms with Gasteiger partial charge in [0.15, 0.2) is 5.84 Å². The summed E-state index contributed by atoms with van der Waals surface area (Å²) in [7, 11) is 0. The summed E-state index contributed by atoms with van der Waals surface area (Å²) in [6.07, 6.45) is 7.20. The zero-order valence-electron chi connectivity index (χ0n) is 18.6. The third-order valence-electron chi connectivity index (χ3n) is 6.17. The van der Waals surface area contributed by atoms with Gasteiger partial charge in [-0.25, -0.2) is 11.0 Å². The molecule has 0 aliphatic carbocycles. The van der Waals surface area contributed by atoms with Gasteiger partial charge in [0.2, 0.25) is 0 Å². The van der Waals surface area contributed by atoms with Gasteiger partial charge in [-0.3, -0.25) is 0 Å². The zero-order chi connectivity index (χ0) is 22.4. The van der Waals surface area contributed by atoms with E-state index < -0.39 is 0 Å². The van der Waals surface area contributed by atoms with Crippen LogP contribution in [0.25, 0.3) is 5.57 Å². The van der Waals surface area contributed by atoms with Gasteiger partial charge >= 0.3 is 0 Å². The molecule has 0 bridgehead atoms. The molecule has 2 aromatic rings. The molecule has 7 nitrogen and oxygen atoms in total. The monoisotopic (exact) mass is 434 g/mol. The van der Waals surface area contributed by atoms with Crippen LogP contribution in [0.15, 0.2) is 59.7 Å². The van der Waals surface area contributed by atoms with Crippen LogP contribution in [0.2, 0.25) is 0 Å². The SMILES string of the molecule is NCCCCCN(N)/N=C(\N)c1ccc(C2=CC3(CCNCC3)Oc3ccccc32)cc1. The first-order valence-corrected chi connectivity index (χ1v) is 11.5. The Labute approximate surface area is 190 Å². The van der Waals surface area contributed by atoms with Crippen molar-refractivity contribution in [2.75, 3.05) is 26.2 Å². The summed E-state index contributed by atoms with van der Waals surface area (Å²) in [5, 5.41) is 9.17. The van der Waals surface area contributed by atoms with Crippen LogP contribution in [0.5, 0.6) is 5.75 Å². The van der Waals surface area contributed by atoms with E-state index in [2.05, 4.69) is 46.8 Å². The van der Waals surface area contributed by atoms with E-state index in [0.717, 1.165) is 67.6 Å². The molecule has 32 heavy (non-hydrogen) atoms. The first kappa shape index (κ1) is 22.3. The third-order valence-corrected chi connectivity index (χ3v) is 6.17. The molecule has 1 saturated heterocycles. The van der Waals surface area contributed by atoms with Crippen molar-refractivity contribution in [1.29, 1.82) is 0 Å². The molecule has 0 aromatic heterocycles. The molecule has 2 aliphatic heterocycles. The van der Waals surface area contributed by atoms with Crippen LogP contribution >= 0.6 is 0 Å². The van der Waals surface area contributed by atoms with Crippen LogP contribution in [-0.4, -0.2) is 42.7 Å². The van der Waals surface area contributed by atoms with Crippen LogP contribution in [0.3, 0.4) is 0 Å². The Morgan fingerprint density at radius 1 is 1.03 bits per heavy atom. The van der Waals surface area contributed by atoms with Crippen molar-refractivity contribution in [1.82, 2.24) is 10.4 Å². The molecule has 0 saturated carbocycles. The molecule has 7 N–H and O–H groups in total. The average molecular weight is 435 g/mol. The summed E-state index contributed by atoms with van der Waals surface area (Å²) < 4.78 is 6.48. The number of hydrogen-bond donors (Lipinski definition) is 4. The summed E-state index contributed by atoms with van der Waals surface area (Å²) in [5.74, 6) is 7.34. The number of ether oxygens (including phenoxy) is 1. The second kappa shape index (κ2) is 10.2. The fourth-order valence-corrected chi connectivity index (χ4v) is 4.36. The normalized spacial score (nSPS) is 17.4. The van der Waals surface area contributed by atoms with Crippen molar-refractivity contribution in [2.24, 2.45) is 22.4 Å². The van der Waals surface area contributed by atoms with Gasteiger partial charge in [0.25, 0.3) is 0 Å². The largest absolute Gasteiger partial charge is 0.482 e. The predicted octanol–water partition coefficient (Wildman–Crippen LogP) is 2.56. The molecule has 1 spiro atoms. The highest BCUT2D eigenvalue weighted by Gasteiger charge is 2.36. The number of nitrogens with one attached hydrogen (secondary N) is 1. The quantitative estimate of drug-likeness (QED) is 0.167. The van der Waals surface area contributed by atoms with Gasteiger partial charge in [0.05, 0.1) is 6.54 Å². The van der Waals surface area contributed by atoms with Crippen LogP contribution in [0, 0.1) is 0 Å². The molecule has 1 fully saturated rings. The van der Waals surface area contributed by atoms with Crippen LogP contribution < -0.4 is 27.4 Å². The van der Waals surface area contributed by atoms with Crippen LogP contribution in [0.1, 0.15) is 48.8 Å². The van der Waals surface area contributed by atoms with Crippen molar-refractivity contribution in [3.63, 3.8) is 0 Å². The maximum atomic E-state index is 6.48. The van der Waals surface area contributed by atoms with Crippen LogP contribution in [0.4, 0.5) is 0 Å². The summed E-state index contributed by atoms with van der Waals surface area (Å²) >= 11 is 0. The summed E-state index contributed by atoms with van der Waals surface area (Å²) in [6.45, 7) is 3.27. The molecule has 4 rings (SSSR count). The Bertz CT molecular complexity index is 963. The molecule has 0 unspecified atom stereocenters. The highest BCUT2D eigenvalue weighted by Crippen LogP contribution is 2.42. The highest BCUT2D eigenvalue weighted by atomic mass is 16.5. The highest BCUT2D eigenvalue weighted by molar-refractivity contribution is 5.97. The number of piperidine rings is 1. The number of benzene rings is 2. The third kappa shape index (κ3) is 5.12. The fourth-order valence-electron chi connectivity index (χ4n) is 4.36. The number of rotatable bonds is 8. The van der Waals surface area contributed by atoms with E-state index in [1.165, 1.54) is 10.7 Å². The van der Waals surface area contributed by atoms with E-state index in [1.54, 1.807) is 0 Å². The number of fused-ring (bicyclic) bond motifs is 1. The number of nitrogens with two attached hydrogens (primary N) is 3. The maximum absolute atomic E-state index is 6.48. The molecular weight excluding hydrogens is 400 g/mol. The number of amidine groups is 1. The first-order valence-electron chi connectivity index (χ1n) is 11.5. The minimum absolute atomic E-state index is 0.252. The van der Waals surface area contributed by atoms with Crippen molar-refractivity contribution < 1.29 is 4.74 Å². The van der Waals surface area contributed by atoms with Gasteiger partial charge in [-0.15, -0.1) is 5.10 Å². The molecule has 170 valence electrons. The summed E-state index contributed by atoms with van der Waals surface area (Å²) in [5.41, 5.74) is 15.8. The Morgan fingerprint density at radius 2 is 1.78 bits per heavy atom. The molecule has 2 aromatic carbocycles. The Morgan fingerprint density at radius 3 is 2.53 bits per heavy atom. The van der Waals surface area contributed by atoms with Crippen molar-refractivity contribution in [3.05, 3.63) is 71.3 Å². The fraction of sp³-hybridized carbons (Fsp3) is 0.400. The minimum atomic E-state index is -0.252. The Balaban J connectivity index is 1.54. The number of hydrazone groups is 1. The van der Waals surface area contributed by atoms with E-state index >= 15 is 0 Å². The summed E-state index contributed by atoms with van der Waals surface area (Å²) in [4.78, 5) is 0. The van der Waals surface area contributed by atoms with E-state index in [9.17, 15) is 0 Å². The van der Waals surface area contributed by atoms with E-state index in [1.807, 2.05) is 18.2 Å². The Kier molecular flexibility index (Phi) is 7.09. The lowest BCUT2D eigenvalue weighted by Crippen LogP contribution is -2.46. The number of unbranched alkanes of at least 4 members (excludes halogenated alkanes) is 2. The Hall–Kier alpha value is -2.87.